The second-order valence-corrected chi connectivity index (χ2v) is 10.8. The maximum absolute atomic E-state index is 13.0. The number of carbonyl (C=O) groups excluding carboxylic acids is 4. The molecule has 2 atom stereocenters. The summed E-state index contributed by atoms with van der Waals surface area (Å²) in [5.74, 6) is -1.79. The fourth-order valence-corrected chi connectivity index (χ4v) is 4.96. The number of amides is 2. The lowest BCUT2D eigenvalue weighted by molar-refractivity contribution is -0.145. The summed E-state index contributed by atoms with van der Waals surface area (Å²) in [6, 6.07) is 23.7. The molecule has 0 radical (unpaired) electrons. The van der Waals surface area contributed by atoms with Gasteiger partial charge in [-0.3, -0.25) is 9.59 Å². The number of esters is 2. The van der Waals surface area contributed by atoms with Gasteiger partial charge in [-0.25, -0.2) is 19.0 Å². The molecule has 0 fully saturated rings. The van der Waals surface area contributed by atoms with Gasteiger partial charge in [0.05, 0.1) is 39.7 Å². The molecule has 14 heteroatoms. The van der Waals surface area contributed by atoms with Gasteiger partial charge in [-0.05, 0) is 29.3 Å². The third-order valence-electron chi connectivity index (χ3n) is 7.49. The molecule has 0 aliphatic heterocycles. The zero-order chi connectivity index (χ0) is 33.9. The topological polar surface area (TPSA) is 172 Å². The first-order valence-electron chi connectivity index (χ1n) is 15.1. The fraction of sp³-hybridized carbons (Fsp3) is 0.235. The van der Waals surface area contributed by atoms with Crippen LogP contribution >= 0.6 is 0 Å². The molecule has 2 amide bonds. The van der Waals surface area contributed by atoms with Crippen molar-refractivity contribution >= 4 is 23.8 Å². The van der Waals surface area contributed by atoms with Gasteiger partial charge in [0.15, 0.2) is 12.1 Å². The molecule has 246 valence electrons. The van der Waals surface area contributed by atoms with E-state index in [2.05, 4.69) is 31.3 Å². The van der Waals surface area contributed by atoms with Gasteiger partial charge in [-0.15, -0.1) is 10.2 Å². The molecule has 0 saturated heterocycles. The minimum Gasteiger partial charge on any atom is -0.467 e. The lowest BCUT2D eigenvalue weighted by atomic mass is 10.1. The van der Waals surface area contributed by atoms with E-state index in [0.29, 0.717) is 24.2 Å². The smallest absolute Gasteiger partial charge is 0.331 e. The van der Waals surface area contributed by atoms with Gasteiger partial charge in [0, 0.05) is 24.0 Å². The van der Waals surface area contributed by atoms with Crippen LogP contribution in [-0.2, 0) is 45.0 Å². The quantitative estimate of drug-likeness (QED) is 0.170. The molecular weight excluding hydrogens is 616 g/mol. The van der Waals surface area contributed by atoms with Crippen LogP contribution in [0.15, 0.2) is 97.3 Å². The van der Waals surface area contributed by atoms with Gasteiger partial charge in [-0.1, -0.05) is 77.2 Å². The van der Waals surface area contributed by atoms with Crippen molar-refractivity contribution in [3.8, 4) is 0 Å². The number of hydrogen-bond acceptors (Lipinski definition) is 10. The van der Waals surface area contributed by atoms with Crippen molar-refractivity contribution in [1.29, 1.82) is 0 Å². The number of nitrogens with one attached hydrogen (secondary N) is 2. The van der Waals surface area contributed by atoms with Crippen LogP contribution in [0.1, 0.15) is 55.3 Å². The Kier molecular flexibility index (Phi) is 11.0. The number of benzene rings is 3. The van der Waals surface area contributed by atoms with Crippen molar-refractivity contribution in [1.82, 2.24) is 40.6 Å². The van der Waals surface area contributed by atoms with E-state index in [1.54, 1.807) is 30.6 Å². The van der Waals surface area contributed by atoms with Crippen molar-refractivity contribution < 1.29 is 28.7 Å². The first-order valence-corrected chi connectivity index (χ1v) is 15.1. The van der Waals surface area contributed by atoms with Gasteiger partial charge >= 0.3 is 11.9 Å². The van der Waals surface area contributed by atoms with Crippen LogP contribution < -0.4 is 10.6 Å². The highest BCUT2D eigenvalue weighted by Gasteiger charge is 2.25. The maximum atomic E-state index is 13.0. The molecule has 0 unspecified atom stereocenters. The van der Waals surface area contributed by atoms with E-state index in [-0.39, 0.29) is 24.2 Å². The normalized spacial score (nSPS) is 12.0. The zero-order valence-corrected chi connectivity index (χ0v) is 26.4. The predicted octanol–water partition coefficient (Wildman–Crippen LogP) is 2.64. The van der Waals surface area contributed by atoms with Gasteiger partial charge < -0.3 is 20.1 Å². The Balaban J connectivity index is 1.16. The summed E-state index contributed by atoms with van der Waals surface area (Å²) in [6.07, 6.45) is 3.89. The molecule has 2 heterocycles. The Hall–Kier alpha value is -6.18. The lowest BCUT2D eigenvalue weighted by Gasteiger charge is -2.14. The van der Waals surface area contributed by atoms with Crippen LogP contribution in [0.25, 0.3) is 0 Å². The monoisotopic (exact) mass is 650 g/mol. The molecule has 0 saturated carbocycles. The van der Waals surface area contributed by atoms with Crippen LogP contribution in [0.5, 0.6) is 0 Å². The molecule has 5 rings (SSSR count). The second kappa shape index (κ2) is 15.9. The molecule has 14 nitrogen and oxygen atoms in total. The lowest BCUT2D eigenvalue weighted by Crippen LogP contribution is -2.26. The van der Waals surface area contributed by atoms with E-state index in [9.17, 15) is 19.2 Å². The fourth-order valence-electron chi connectivity index (χ4n) is 4.96. The summed E-state index contributed by atoms with van der Waals surface area (Å²) in [5.41, 5.74) is 3.26. The first-order chi connectivity index (χ1) is 23.3. The van der Waals surface area contributed by atoms with Crippen LogP contribution in [0.2, 0.25) is 0 Å². The molecule has 2 aromatic heterocycles. The Morgan fingerprint density at radius 2 is 1.04 bits per heavy atom. The zero-order valence-electron chi connectivity index (χ0n) is 26.4. The van der Waals surface area contributed by atoms with Crippen molar-refractivity contribution in [3.05, 3.63) is 131 Å². The largest absolute Gasteiger partial charge is 0.467 e. The first kappa shape index (κ1) is 33.2. The molecule has 48 heavy (non-hydrogen) atoms. The van der Waals surface area contributed by atoms with Crippen LogP contribution in [-0.4, -0.2) is 68.0 Å². The van der Waals surface area contributed by atoms with Crippen LogP contribution in [0.3, 0.4) is 0 Å². The average Bonchev–Trinajstić information content (AvgIpc) is 3.81. The predicted molar refractivity (Wildman–Crippen MR) is 171 cm³/mol. The summed E-state index contributed by atoms with van der Waals surface area (Å²) in [7, 11) is 2.63. The second-order valence-electron chi connectivity index (χ2n) is 10.8. The summed E-state index contributed by atoms with van der Waals surface area (Å²) in [4.78, 5) is 50.9. The minimum absolute atomic E-state index is 0.0426. The number of rotatable bonds is 14. The van der Waals surface area contributed by atoms with Crippen LogP contribution in [0.4, 0.5) is 0 Å². The van der Waals surface area contributed by atoms with Crippen LogP contribution in [0, 0.1) is 0 Å². The molecule has 0 aliphatic rings. The average molecular weight is 651 g/mol. The number of nitrogens with zero attached hydrogens (tertiary/aromatic N) is 6. The standard InChI is InChI=1S/C34H34N8O6/c1-47-33(45)29(16-23-10-5-3-6-11-23)41-21-27(37-39-41)19-35-31(43)25-14-9-15-26(18-25)32(44)36-20-28-22-42(40-38-28)30(34(46)48-2)17-24-12-7-4-8-13-24/h3-15,18,21-22,29-30H,16-17,19-20H2,1-2H3,(H,35,43)(H,36,44)/t29-,30-/m0/s1. The highest BCUT2D eigenvalue weighted by atomic mass is 16.5. The van der Waals surface area contributed by atoms with Gasteiger partial charge in [0.2, 0.25) is 0 Å². The number of aromatic nitrogens is 6. The van der Waals surface area contributed by atoms with E-state index in [4.69, 9.17) is 9.47 Å². The van der Waals surface area contributed by atoms with Crippen molar-refractivity contribution in [2.24, 2.45) is 0 Å². The Morgan fingerprint density at radius 3 is 1.44 bits per heavy atom. The maximum Gasteiger partial charge on any atom is 0.331 e. The molecule has 3 aromatic carbocycles. The summed E-state index contributed by atoms with van der Waals surface area (Å²) >= 11 is 0. The van der Waals surface area contributed by atoms with E-state index < -0.39 is 35.8 Å². The third-order valence-corrected chi connectivity index (χ3v) is 7.49. The Labute approximate surface area is 276 Å². The number of hydrogen-bond donors (Lipinski definition) is 2. The summed E-state index contributed by atoms with van der Waals surface area (Å²) < 4.78 is 12.8. The molecule has 0 bridgehead atoms. The van der Waals surface area contributed by atoms with E-state index in [1.807, 2.05) is 60.7 Å². The van der Waals surface area contributed by atoms with Gasteiger partial charge in [0.1, 0.15) is 11.4 Å². The third kappa shape index (κ3) is 8.54. The van der Waals surface area contributed by atoms with Gasteiger partial charge in [0.25, 0.3) is 11.8 Å². The highest BCUT2D eigenvalue weighted by Crippen LogP contribution is 2.17. The molecular formula is C34H34N8O6. The molecule has 0 aliphatic carbocycles. The van der Waals surface area contributed by atoms with Crippen molar-refractivity contribution in [2.45, 2.75) is 38.0 Å². The summed E-state index contributed by atoms with van der Waals surface area (Å²) in [5, 5.41) is 21.9. The van der Waals surface area contributed by atoms with Crippen molar-refractivity contribution in [2.75, 3.05) is 14.2 Å². The highest BCUT2D eigenvalue weighted by molar-refractivity contribution is 5.99. The number of ether oxygens (including phenoxy) is 2. The van der Waals surface area contributed by atoms with Crippen molar-refractivity contribution in [3.63, 3.8) is 0 Å². The summed E-state index contributed by atoms with van der Waals surface area (Å²) in [6.45, 7) is 0.0853. The van der Waals surface area contributed by atoms with E-state index in [1.165, 1.54) is 29.6 Å². The Bertz CT molecular complexity index is 1730. The molecule has 5 aromatic rings. The number of carbonyl (C=O) groups is 4. The molecule has 2 N–H and O–H groups in total. The molecule has 0 spiro atoms. The minimum atomic E-state index is -0.724. The number of methoxy groups -OCH3 is 2. The van der Waals surface area contributed by atoms with E-state index in [0.717, 1.165) is 11.1 Å². The van der Waals surface area contributed by atoms with E-state index >= 15 is 0 Å². The van der Waals surface area contributed by atoms with Gasteiger partial charge in [-0.2, -0.15) is 0 Å². The SMILES string of the molecule is COC(=O)[C@H](Cc1ccccc1)n1cc(CNC(=O)c2cccc(C(=O)NCc3cn([C@@H](Cc4ccccc4)C(=O)OC)nn3)c2)nn1. The Morgan fingerprint density at radius 1 is 0.625 bits per heavy atom.